The second-order valence-electron chi connectivity index (χ2n) is 4.13. The Bertz CT molecular complexity index is 420. The third-order valence-electron chi connectivity index (χ3n) is 2.63. The van der Waals surface area contributed by atoms with E-state index < -0.39 is 0 Å². The van der Waals surface area contributed by atoms with Crippen LogP contribution < -0.4 is 5.32 Å². The molecule has 17 heavy (non-hydrogen) atoms. The number of nitrogens with zero attached hydrogens (tertiary/aromatic N) is 2. The van der Waals surface area contributed by atoms with E-state index in [0.717, 1.165) is 24.5 Å². The first kappa shape index (κ1) is 12.2. The van der Waals surface area contributed by atoms with Crippen LogP contribution >= 0.6 is 11.3 Å². The fourth-order valence-electron chi connectivity index (χ4n) is 1.77. The predicted octanol–water partition coefficient (Wildman–Crippen LogP) is 1.27. The molecule has 1 aliphatic heterocycles. The number of Topliss-reactive ketones (excluding diaryl/α,β-unsaturated/α-hetero) is 1. The summed E-state index contributed by atoms with van der Waals surface area (Å²) in [4.78, 5) is 29.4. The Morgan fingerprint density at radius 3 is 2.88 bits per heavy atom. The van der Waals surface area contributed by atoms with Gasteiger partial charge in [0.05, 0.1) is 0 Å². The van der Waals surface area contributed by atoms with E-state index in [9.17, 15) is 9.59 Å². The lowest BCUT2D eigenvalue weighted by Gasteiger charge is -2.24. The van der Waals surface area contributed by atoms with Crippen LogP contribution in [0.5, 0.6) is 0 Å². The average Bonchev–Trinajstić information content (AvgIpc) is 2.68. The topological polar surface area (TPSA) is 62.3 Å². The molecule has 0 radical (unpaired) electrons. The normalized spacial score (nSPS) is 17.1. The summed E-state index contributed by atoms with van der Waals surface area (Å²) >= 11 is 1.49. The number of carbonyl (C=O) groups excluding carboxylic acids is 2. The highest BCUT2D eigenvalue weighted by Crippen LogP contribution is 2.20. The van der Waals surface area contributed by atoms with E-state index in [0.29, 0.717) is 23.8 Å². The molecule has 1 amide bonds. The summed E-state index contributed by atoms with van der Waals surface area (Å²) < 4.78 is 0. The van der Waals surface area contributed by atoms with Crippen LogP contribution in [0.4, 0.5) is 5.13 Å². The number of aromatic nitrogens is 1. The molecule has 0 unspecified atom stereocenters. The molecule has 1 aromatic rings. The van der Waals surface area contributed by atoms with Crippen LogP contribution in [0.15, 0.2) is 6.20 Å². The lowest BCUT2D eigenvalue weighted by molar-refractivity contribution is -0.121. The number of thiazole rings is 1. The lowest BCUT2D eigenvalue weighted by atomic mass is 10.1. The van der Waals surface area contributed by atoms with Crippen molar-refractivity contribution in [2.45, 2.75) is 26.3 Å². The van der Waals surface area contributed by atoms with Gasteiger partial charge in [-0.15, -0.1) is 11.3 Å². The fourth-order valence-corrected chi connectivity index (χ4v) is 2.67. The Morgan fingerprint density at radius 1 is 1.53 bits per heavy atom. The van der Waals surface area contributed by atoms with Crippen LogP contribution in [0.25, 0.3) is 0 Å². The molecular weight excluding hydrogens is 238 g/mol. The van der Waals surface area contributed by atoms with E-state index in [4.69, 9.17) is 0 Å². The van der Waals surface area contributed by atoms with Gasteiger partial charge in [-0.25, -0.2) is 4.98 Å². The first-order chi connectivity index (χ1) is 8.13. The zero-order chi connectivity index (χ0) is 12.3. The molecule has 0 atom stereocenters. The highest BCUT2D eigenvalue weighted by atomic mass is 32.1. The molecule has 0 spiro atoms. The SMILES string of the molecule is CC(=O)Nc1ncc(CN2CCC(=O)CC2)s1. The van der Waals surface area contributed by atoms with Crippen molar-refractivity contribution in [2.75, 3.05) is 18.4 Å². The van der Waals surface area contributed by atoms with Gasteiger partial charge >= 0.3 is 0 Å². The summed E-state index contributed by atoms with van der Waals surface area (Å²) in [7, 11) is 0. The van der Waals surface area contributed by atoms with Crippen molar-refractivity contribution in [2.24, 2.45) is 0 Å². The highest BCUT2D eigenvalue weighted by Gasteiger charge is 2.17. The fraction of sp³-hybridized carbons (Fsp3) is 0.545. The number of ketones is 1. The van der Waals surface area contributed by atoms with E-state index in [-0.39, 0.29) is 5.91 Å². The summed E-state index contributed by atoms with van der Waals surface area (Å²) in [5.41, 5.74) is 0. The number of amides is 1. The third-order valence-corrected chi connectivity index (χ3v) is 3.53. The number of likely N-dealkylation sites (tertiary alicyclic amines) is 1. The Kier molecular flexibility index (Phi) is 3.86. The maximum Gasteiger partial charge on any atom is 0.223 e. The van der Waals surface area contributed by atoms with Gasteiger partial charge in [0.1, 0.15) is 5.78 Å². The van der Waals surface area contributed by atoms with Crippen molar-refractivity contribution in [3.63, 3.8) is 0 Å². The summed E-state index contributed by atoms with van der Waals surface area (Å²) in [5.74, 6) is 0.249. The van der Waals surface area contributed by atoms with E-state index in [1.807, 2.05) is 0 Å². The Hall–Kier alpha value is -1.27. The second-order valence-corrected chi connectivity index (χ2v) is 5.24. The standard InChI is InChI=1S/C11H15N3O2S/c1-8(15)13-11-12-6-10(17-11)7-14-4-2-9(16)3-5-14/h6H,2-5,7H2,1H3,(H,12,13,15). The molecule has 6 heteroatoms. The van der Waals surface area contributed by atoms with Crippen LogP contribution in [-0.4, -0.2) is 34.7 Å². The monoisotopic (exact) mass is 253 g/mol. The molecule has 1 N–H and O–H groups in total. The first-order valence-corrected chi connectivity index (χ1v) is 6.41. The Morgan fingerprint density at radius 2 is 2.24 bits per heavy atom. The van der Waals surface area contributed by atoms with Gasteiger partial charge in [0.25, 0.3) is 0 Å². The van der Waals surface area contributed by atoms with E-state index in [1.54, 1.807) is 6.20 Å². The zero-order valence-electron chi connectivity index (χ0n) is 9.73. The van der Waals surface area contributed by atoms with Crippen molar-refractivity contribution in [3.05, 3.63) is 11.1 Å². The molecule has 5 nitrogen and oxygen atoms in total. The molecule has 1 saturated heterocycles. The minimum atomic E-state index is -0.102. The first-order valence-electron chi connectivity index (χ1n) is 5.60. The zero-order valence-corrected chi connectivity index (χ0v) is 10.5. The molecule has 1 fully saturated rings. The molecule has 0 aromatic carbocycles. The molecular formula is C11H15N3O2S. The highest BCUT2D eigenvalue weighted by molar-refractivity contribution is 7.15. The van der Waals surface area contributed by atoms with E-state index in [2.05, 4.69) is 15.2 Å². The van der Waals surface area contributed by atoms with Crippen molar-refractivity contribution >= 4 is 28.2 Å². The Balaban J connectivity index is 1.88. The van der Waals surface area contributed by atoms with Crippen molar-refractivity contribution < 1.29 is 9.59 Å². The van der Waals surface area contributed by atoms with E-state index in [1.165, 1.54) is 18.3 Å². The van der Waals surface area contributed by atoms with Crippen LogP contribution in [0, 0.1) is 0 Å². The molecule has 92 valence electrons. The number of rotatable bonds is 3. The van der Waals surface area contributed by atoms with Gasteiger partial charge in [-0.2, -0.15) is 0 Å². The van der Waals surface area contributed by atoms with Gasteiger partial charge < -0.3 is 5.32 Å². The maximum atomic E-state index is 11.1. The van der Waals surface area contributed by atoms with E-state index >= 15 is 0 Å². The molecule has 2 rings (SSSR count). The van der Waals surface area contributed by atoms with Crippen LogP contribution in [-0.2, 0) is 16.1 Å². The van der Waals surface area contributed by atoms with Gasteiger partial charge in [-0.3, -0.25) is 14.5 Å². The number of carbonyl (C=O) groups is 2. The van der Waals surface area contributed by atoms with Crippen LogP contribution in [0.3, 0.4) is 0 Å². The number of piperidine rings is 1. The number of hydrogen-bond acceptors (Lipinski definition) is 5. The second kappa shape index (κ2) is 5.37. The largest absolute Gasteiger partial charge is 0.302 e. The molecule has 0 bridgehead atoms. The quantitative estimate of drug-likeness (QED) is 0.881. The average molecular weight is 253 g/mol. The minimum Gasteiger partial charge on any atom is -0.302 e. The van der Waals surface area contributed by atoms with Crippen molar-refractivity contribution in [1.82, 2.24) is 9.88 Å². The Labute approximate surface area is 104 Å². The van der Waals surface area contributed by atoms with Gasteiger partial charge in [-0.05, 0) is 0 Å². The third kappa shape index (κ3) is 3.61. The number of anilines is 1. The summed E-state index contributed by atoms with van der Waals surface area (Å²) in [6.45, 7) is 3.93. The summed E-state index contributed by atoms with van der Waals surface area (Å²) in [6.07, 6.45) is 3.08. The van der Waals surface area contributed by atoms with Crippen molar-refractivity contribution in [3.8, 4) is 0 Å². The molecule has 0 saturated carbocycles. The molecule has 0 aliphatic carbocycles. The van der Waals surface area contributed by atoms with Crippen molar-refractivity contribution in [1.29, 1.82) is 0 Å². The summed E-state index contributed by atoms with van der Waals surface area (Å²) in [5, 5.41) is 3.30. The van der Waals surface area contributed by atoms with Gasteiger partial charge in [0, 0.05) is 50.5 Å². The lowest BCUT2D eigenvalue weighted by Crippen LogP contribution is -2.32. The number of hydrogen-bond donors (Lipinski definition) is 1. The van der Waals surface area contributed by atoms with Crippen LogP contribution in [0.1, 0.15) is 24.6 Å². The van der Waals surface area contributed by atoms with Gasteiger partial charge in [0.2, 0.25) is 5.91 Å². The van der Waals surface area contributed by atoms with Gasteiger partial charge in [-0.1, -0.05) is 0 Å². The maximum absolute atomic E-state index is 11.1. The minimum absolute atomic E-state index is 0.102. The van der Waals surface area contributed by atoms with Gasteiger partial charge in [0.15, 0.2) is 5.13 Å². The van der Waals surface area contributed by atoms with Crippen LogP contribution in [0.2, 0.25) is 0 Å². The number of nitrogens with one attached hydrogen (secondary N) is 1. The predicted molar refractivity (Wildman–Crippen MR) is 65.9 cm³/mol. The smallest absolute Gasteiger partial charge is 0.223 e. The molecule has 2 heterocycles. The molecule has 1 aliphatic rings. The summed E-state index contributed by atoms with van der Waals surface area (Å²) in [6, 6.07) is 0. The molecule has 1 aromatic heterocycles.